The molecule has 2 amide bonds. The SMILES string of the molecule is CC(C)CN1CCC(CNC(=O)C2CCN(C(=O)c3ccccc3)CC2)CC1. The molecule has 0 unspecified atom stereocenters. The van der Waals surface area contributed by atoms with Crippen LogP contribution in [0.3, 0.4) is 0 Å². The minimum absolute atomic E-state index is 0.0425. The number of hydrogen-bond acceptors (Lipinski definition) is 3. The molecule has 2 heterocycles. The van der Waals surface area contributed by atoms with Crippen LogP contribution >= 0.6 is 0 Å². The Labute approximate surface area is 169 Å². The first-order chi connectivity index (χ1) is 13.5. The lowest BCUT2D eigenvalue weighted by atomic mass is 9.93. The molecule has 0 atom stereocenters. The van der Waals surface area contributed by atoms with Crippen LogP contribution in [0.15, 0.2) is 30.3 Å². The van der Waals surface area contributed by atoms with Gasteiger partial charge in [0.25, 0.3) is 5.91 Å². The van der Waals surface area contributed by atoms with Crippen LogP contribution in [0.2, 0.25) is 0 Å². The first kappa shape index (κ1) is 20.8. The molecule has 1 N–H and O–H groups in total. The summed E-state index contributed by atoms with van der Waals surface area (Å²) in [6, 6.07) is 9.41. The molecule has 1 aromatic rings. The van der Waals surface area contributed by atoms with Crippen molar-refractivity contribution in [1.29, 1.82) is 0 Å². The van der Waals surface area contributed by atoms with E-state index in [0.29, 0.717) is 19.0 Å². The maximum absolute atomic E-state index is 12.6. The molecule has 0 bridgehead atoms. The highest BCUT2D eigenvalue weighted by Crippen LogP contribution is 2.21. The molecule has 2 saturated heterocycles. The van der Waals surface area contributed by atoms with Crippen molar-refractivity contribution >= 4 is 11.8 Å². The summed E-state index contributed by atoms with van der Waals surface area (Å²) in [5.41, 5.74) is 0.731. The quantitative estimate of drug-likeness (QED) is 0.819. The minimum Gasteiger partial charge on any atom is -0.356 e. The smallest absolute Gasteiger partial charge is 0.253 e. The van der Waals surface area contributed by atoms with Crippen molar-refractivity contribution in [3.05, 3.63) is 35.9 Å². The monoisotopic (exact) mass is 385 g/mol. The second kappa shape index (κ2) is 10.1. The van der Waals surface area contributed by atoms with E-state index in [1.165, 1.54) is 19.4 Å². The van der Waals surface area contributed by atoms with Gasteiger partial charge in [-0.25, -0.2) is 0 Å². The number of benzene rings is 1. The largest absolute Gasteiger partial charge is 0.356 e. The van der Waals surface area contributed by atoms with Crippen LogP contribution in [-0.2, 0) is 4.79 Å². The molecule has 2 aliphatic heterocycles. The highest BCUT2D eigenvalue weighted by Gasteiger charge is 2.28. The summed E-state index contributed by atoms with van der Waals surface area (Å²) in [7, 11) is 0. The first-order valence-electron chi connectivity index (χ1n) is 10.9. The number of carbonyl (C=O) groups is 2. The van der Waals surface area contributed by atoms with Gasteiger partial charge in [0.2, 0.25) is 5.91 Å². The molecule has 0 saturated carbocycles. The molecule has 3 rings (SSSR count). The van der Waals surface area contributed by atoms with Gasteiger partial charge in [-0.15, -0.1) is 0 Å². The second-order valence-electron chi connectivity index (χ2n) is 8.82. The van der Waals surface area contributed by atoms with E-state index in [1.807, 2.05) is 35.2 Å². The van der Waals surface area contributed by atoms with Crippen LogP contribution < -0.4 is 5.32 Å². The molecule has 0 spiro atoms. The minimum atomic E-state index is 0.0425. The highest BCUT2D eigenvalue weighted by molar-refractivity contribution is 5.94. The van der Waals surface area contributed by atoms with Crippen LogP contribution in [0.5, 0.6) is 0 Å². The number of hydrogen-bond donors (Lipinski definition) is 1. The second-order valence-corrected chi connectivity index (χ2v) is 8.82. The Morgan fingerprint density at radius 3 is 2.25 bits per heavy atom. The van der Waals surface area contributed by atoms with E-state index in [2.05, 4.69) is 24.1 Å². The van der Waals surface area contributed by atoms with E-state index in [9.17, 15) is 9.59 Å². The van der Waals surface area contributed by atoms with Crippen molar-refractivity contribution in [3.63, 3.8) is 0 Å². The summed E-state index contributed by atoms with van der Waals surface area (Å²) in [4.78, 5) is 29.5. The van der Waals surface area contributed by atoms with E-state index < -0.39 is 0 Å². The Morgan fingerprint density at radius 1 is 1.00 bits per heavy atom. The summed E-state index contributed by atoms with van der Waals surface area (Å²) >= 11 is 0. The van der Waals surface area contributed by atoms with Gasteiger partial charge in [0.1, 0.15) is 0 Å². The average molecular weight is 386 g/mol. The van der Waals surface area contributed by atoms with Gasteiger partial charge in [-0.2, -0.15) is 0 Å². The van der Waals surface area contributed by atoms with Crippen LogP contribution in [0.4, 0.5) is 0 Å². The third-order valence-electron chi connectivity index (χ3n) is 6.07. The molecule has 5 nitrogen and oxygen atoms in total. The molecule has 1 aromatic carbocycles. The molecule has 0 radical (unpaired) electrons. The maximum atomic E-state index is 12.6. The van der Waals surface area contributed by atoms with E-state index >= 15 is 0 Å². The molecule has 2 fully saturated rings. The van der Waals surface area contributed by atoms with Crippen molar-refractivity contribution in [3.8, 4) is 0 Å². The fourth-order valence-corrected chi connectivity index (χ4v) is 4.39. The van der Waals surface area contributed by atoms with Gasteiger partial charge in [0.05, 0.1) is 0 Å². The Balaban J connectivity index is 1.36. The van der Waals surface area contributed by atoms with Gasteiger partial charge in [-0.1, -0.05) is 32.0 Å². The molecule has 0 aromatic heterocycles. The van der Waals surface area contributed by atoms with E-state index in [1.54, 1.807) is 0 Å². The standard InChI is InChI=1S/C23H35N3O2/c1-18(2)17-25-12-8-19(9-13-25)16-24-22(27)20-10-14-26(15-11-20)23(28)21-6-4-3-5-7-21/h3-7,18-20H,8-17H2,1-2H3,(H,24,27). The summed E-state index contributed by atoms with van der Waals surface area (Å²) in [5, 5.41) is 3.19. The number of nitrogens with zero attached hydrogens (tertiary/aromatic N) is 2. The highest BCUT2D eigenvalue weighted by atomic mass is 16.2. The van der Waals surface area contributed by atoms with Crippen molar-refractivity contribution in [1.82, 2.24) is 15.1 Å². The average Bonchev–Trinajstić information content (AvgIpc) is 2.73. The van der Waals surface area contributed by atoms with Gasteiger partial charge in [-0.05, 0) is 62.7 Å². The fraction of sp³-hybridized carbons (Fsp3) is 0.652. The first-order valence-corrected chi connectivity index (χ1v) is 10.9. The lowest BCUT2D eigenvalue weighted by molar-refractivity contribution is -0.126. The molecule has 5 heteroatoms. The van der Waals surface area contributed by atoms with E-state index in [0.717, 1.165) is 44.0 Å². The van der Waals surface area contributed by atoms with Gasteiger partial charge in [0.15, 0.2) is 0 Å². The lowest BCUT2D eigenvalue weighted by Crippen LogP contribution is -2.45. The van der Waals surface area contributed by atoms with E-state index in [4.69, 9.17) is 0 Å². The number of amides is 2. The molecular weight excluding hydrogens is 350 g/mol. The van der Waals surface area contributed by atoms with Gasteiger partial charge in [-0.3, -0.25) is 9.59 Å². The normalized spacial score (nSPS) is 19.8. The predicted molar refractivity (Wildman–Crippen MR) is 112 cm³/mol. The van der Waals surface area contributed by atoms with Crippen molar-refractivity contribution < 1.29 is 9.59 Å². The molecule has 2 aliphatic rings. The number of nitrogens with one attached hydrogen (secondary N) is 1. The maximum Gasteiger partial charge on any atom is 0.253 e. The fourth-order valence-electron chi connectivity index (χ4n) is 4.39. The van der Waals surface area contributed by atoms with Crippen molar-refractivity contribution in [2.24, 2.45) is 17.8 Å². The Kier molecular flexibility index (Phi) is 7.49. The van der Waals surface area contributed by atoms with Gasteiger partial charge in [0, 0.05) is 37.7 Å². The summed E-state index contributed by atoms with van der Waals surface area (Å²) in [6.07, 6.45) is 3.88. The lowest BCUT2D eigenvalue weighted by Gasteiger charge is -2.34. The predicted octanol–water partition coefficient (Wildman–Crippen LogP) is 3.02. The Hall–Kier alpha value is -1.88. The van der Waals surface area contributed by atoms with Crippen LogP contribution in [0, 0.1) is 17.8 Å². The number of likely N-dealkylation sites (tertiary alicyclic amines) is 2. The zero-order chi connectivity index (χ0) is 19.9. The van der Waals surface area contributed by atoms with Gasteiger partial charge >= 0.3 is 0 Å². The summed E-state index contributed by atoms with van der Waals surface area (Å²) < 4.78 is 0. The molecular formula is C23H35N3O2. The zero-order valence-electron chi connectivity index (χ0n) is 17.4. The Morgan fingerprint density at radius 2 is 1.64 bits per heavy atom. The molecule has 28 heavy (non-hydrogen) atoms. The van der Waals surface area contributed by atoms with Crippen LogP contribution in [-0.4, -0.2) is 60.9 Å². The van der Waals surface area contributed by atoms with Crippen molar-refractivity contribution in [2.45, 2.75) is 39.5 Å². The third-order valence-corrected chi connectivity index (χ3v) is 6.07. The van der Waals surface area contributed by atoms with Crippen LogP contribution in [0.25, 0.3) is 0 Å². The van der Waals surface area contributed by atoms with Crippen molar-refractivity contribution in [2.75, 3.05) is 39.3 Å². The summed E-state index contributed by atoms with van der Waals surface area (Å²) in [5.74, 6) is 1.62. The molecule has 0 aliphatic carbocycles. The van der Waals surface area contributed by atoms with Crippen LogP contribution in [0.1, 0.15) is 49.9 Å². The van der Waals surface area contributed by atoms with E-state index in [-0.39, 0.29) is 17.7 Å². The topological polar surface area (TPSA) is 52.7 Å². The number of rotatable bonds is 6. The zero-order valence-corrected chi connectivity index (χ0v) is 17.4. The number of carbonyl (C=O) groups excluding carboxylic acids is 2. The van der Waals surface area contributed by atoms with Gasteiger partial charge < -0.3 is 15.1 Å². The summed E-state index contributed by atoms with van der Waals surface area (Å²) in [6.45, 7) is 10.2. The Bertz CT molecular complexity index is 631. The molecule has 154 valence electrons. The third kappa shape index (κ3) is 5.81. The number of piperidine rings is 2.